The van der Waals surface area contributed by atoms with Crippen molar-refractivity contribution in [2.24, 2.45) is 0 Å². The molecule has 1 fully saturated rings. The van der Waals surface area contributed by atoms with Crippen LogP contribution in [0.3, 0.4) is 0 Å². The highest BCUT2D eigenvalue weighted by Crippen LogP contribution is 2.25. The van der Waals surface area contributed by atoms with Crippen molar-refractivity contribution in [1.82, 2.24) is 15.2 Å². The molecule has 3 aromatic rings. The monoisotopic (exact) mass is 363 g/mol. The van der Waals surface area contributed by atoms with E-state index in [1.165, 1.54) is 12.8 Å². The second-order valence-electron chi connectivity index (χ2n) is 7.23. The predicted octanol–water partition coefficient (Wildman–Crippen LogP) is 3.84. The summed E-state index contributed by atoms with van der Waals surface area (Å²) in [5.41, 5.74) is 1.48. The molecule has 0 unspecified atom stereocenters. The first kappa shape index (κ1) is 17.6. The quantitative estimate of drug-likeness (QED) is 0.740. The highest BCUT2D eigenvalue weighted by atomic mass is 16.2. The predicted molar refractivity (Wildman–Crippen MR) is 108 cm³/mol. The normalized spacial score (nSPS) is 15.0. The van der Waals surface area contributed by atoms with E-state index in [-0.39, 0.29) is 11.8 Å². The lowest BCUT2D eigenvalue weighted by Crippen LogP contribution is -2.35. The molecular formula is C22H25N3O2. The number of carbonyl (C=O) groups is 2. The number of carbonyl (C=O) groups excluding carboxylic acids is 2. The van der Waals surface area contributed by atoms with Crippen LogP contribution >= 0.6 is 0 Å². The third-order valence-corrected chi connectivity index (χ3v) is 5.36. The zero-order valence-electron chi connectivity index (χ0n) is 15.5. The third kappa shape index (κ3) is 3.82. The second kappa shape index (κ2) is 7.82. The van der Waals surface area contributed by atoms with Gasteiger partial charge in [-0.3, -0.25) is 9.59 Å². The molecule has 4 rings (SSSR count). The van der Waals surface area contributed by atoms with Gasteiger partial charge in [0, 0.05) is 37.0 Å². The molecule has 5 nitrogen and oxygen atoms in total. The van der Waals surface area contributed by atoms with Crippen molar-refractivity contribution >= 4 is 33.5 Å². The molecule has 0 bridgehead atoms. The van der Waals surface area contributed by atoms with Gasteiger partial charge in [-0.1, -0.05) is 43.2 Å². The first-order valence-corrected chi connectivity index (χ1v) is 9.79. The molecule has 140 valence electrons. The number of fused-ring (bicyclic) bond motifs is 3. The number of nitrogens with one attached hydrogen (secondary N) is 2. The number of amides is 2. The van der Waals surface area contributed by atoms with E-state index in [0.29, 0.717) is 18.7 Å². The van der Waals surface area contributed by atoms with Crippen LogP contribution in [0.25, 0.3) is 21.7 Å². The number of aromatic amines is 1. The number of hydrogen-bond donors (Lipinski definition) is 2. The van der Waals surface area contributed by atoms with Gasteiger partial charge in [-0.25, -0.2) is 0 Å². The third-order valence-electron chi connectivity index (χ3n) is 5.36. The zero-order valence-corrected chi connectivity index (χ0v) is 15.5. The van der Waals surface area contributed by atoms with Crippen LogP contribution in [0.5, 0.6) is 0 Å². The van der Waals surface area contributed by atoms with Gasteiger partial charge in [-0.05, 0) is 35.7 Å². The van der Waals surface area contributed by atoms with E-state index in [2.05, 4.69) is 28.5 Å². The Bertz CT molecular complexity index is 968. The highest BCUT2D eigenvalue weighted by Gasteiger charge is 2.16. The van der Waals surface area contributed by atoms with Gasteiger partial charge in [0.25, 0.3) is 5.91 Å². The molecule has 0 spiro atoms. The summed E-state index contributed by atoms with van der Waals surface area (Å²) in [5.74, 6) is -0.0289. The molecule has 1 aromatic heterocycles. The molecule has 0 radical (unpaired) electrons. The summed E-state index contributed by atoms with van der Waals surface area (Å²) >= 11 is 0. The Morgan fingerprint density at radius 3 is 2.56 bits per heavy atom. The fraction of sp³-hybridized carbons (Fsp3) is 0.364. The van der Waals surface area contributed by atoms with Gasteiger partial charge in [0.2, 0.25) is 5.91 Å². The first-order chi connectivity index (χ1) is 13.2. The summed E-state index contributed by atoms with van der Waals surface area (Å²) in [7, 11) is 0. The Labute approximate surface area is 158 Å². The number of likely N-dealkylation sites (tertiary alicyclic amines) is 1. The molecular weight excluding hydrogens is 338 g/mol. The van der Waals surface area contributed by atoms with Crippen LogP contribution in [0.1, 0.15) is 42.6 Å². The highest BCUT2D eigenvalue weighted by molar-refractivity contribution is 6.09. The number of rotatable bonds is 4. The van der Waals surface area contributed by atoms with E-state index in [1.807, 2.05) is 29.2 Å². The van der Waals surface area contributed by atoms with E-state index in [4.69, 9.17) is 0 Å². The average molecular weight is 363 g/mol. The van der Waals surface area contributed by atoms with Crippen molar-refractivity contribution in [3.8, 4) is 0 Å². The Morgan fingerprint density at radius 2 is 1.74 bits per heavy atom. The summed E-state index contributed by atoms with van der Waals surface area (Å²) < 4.78 is 0. The molecule has 2 amide bonds. The molecule has 0 aliphatic carbocycles. The number of hydrogen-bond acceptors (Lipinski definition) is 2. The van der Waals surface area contributed by atoms with Crippen LogP contribution < -0.4 is 5.32 Å². The van der Waals surface area contributed by atoms with Crippen LogP contribution in [-0.2, 0) is 4.79 Å². The van der Waals surface area contributed by atoms with E-state index >= 15 is 0 Å². The molecule has 1 aliphatic heterocycles. The van der Waals surface area contributed by atoms with Crippen molar-refractivity contribution in [2.75, 3.05) is 19.6 Å². The molecule has 27 heavy (non-hydrogen) atoms. The van der Waals surface area contributed by atoms with Crippen LogP contribution in [0.4, 0.5) is 0 Å². The minimum Gasteiger partial charge on any atom is -0.351 e. The zero-order chi connectivity index (χ0) is 18.6. The minimum absolute atomic E-state index is 0.139. The fourth-order valence-corrected chi connectivity index (χ4v) is 3.86. The number of benzene rings is 2. The van der Waals surface area contributed by atoms with E-state index < -0.39 is 0 Å². The first-order valence-electron chi connectivity index (χ1n) is 9.79. The van der Waals surface area contributed by atoms with Crippen LogP contribution in [0, 0.1) is 0 Å². The molecule has 2 N–H and O–H groups in total. The van der Waals surface area contributed by atoms with E-state index in [0.717, 1.165) is 47.6 Å². The second-order valence-corrected chi connectivity index (χ2v) is 7.23. The molecule has 2 heterocycles. The van der Waals surface area contributed by atoms with E-state index in [9.17, 15) is 9.59 Å². The minimum atomic E-state index is -0.168. The lowest BCUT2D eigenvalue weighted by atomic mass is 10.1. The number of H-pyrrole nitrogens is 1. The van der Waals surface area contributed by atoms with Gasteiger partial charge in [0.1, 0.15) is 5.69 Å². The van der Waals surface area contributed by atoms with Crippen LogP contribution in [0.2, 0.25) is 0 Å². The summed E-state index contributed by atoms with van der Waals surface area (Å²) in [6.45, 7) is 2.06. The molecule has 5 heteroatoms. The van der Waals surface area contributed by atoms with Crippen LogP contribution in [-0.4, -0.2) is 41.3 Å². The Balaban J connectivity index is 1.39. The lowest BCUT2D eigenvalue weighted by Gasteiger charge is -2.20. The maximum Gasteiger partial charge on any atom is 0.267 e. The van der Waals surface area contributed by atoms with Crippen molar-refractivity contribution in [3.05, 3.63) is 48.2 Å². The Morgan fingerprint density at radius 1 is 0.963 bits per heavy atom. The van der Waals surface area contributed by atoms with Gasteiger partial charge in [-0.2, -0.15) is 0 Å². The standard InChI is InChI=1S/C22H25N3O2/c26-21(25-13-5-1-2-6-14-25)11-12-23-22(27)20-15-18-17-8-4-3-7-16(17)9-10-19(18)24-20/h3-4,7-10,15,24H,1-2,5-6,11-14H2,(H,23,27). The SMILES string of the molecule is O=C(NCCC(=O)N1CCCCCC1)c1cc2c(ccc3ccccc32)[nH]1. The molecule has 2 aromatic carbocycles. The smallest absolute Gasteiger partial charge is 0.267 e. The van der Waals surface area contributed by atoms with Crippen LogP contribution in [0.15, 0.2) is 42.5 Å². The lowest BCUT2D eigenvalue weighted by molar-refractivity contribution is -0.131. The van der Waals surface area contributed by atoms with Crippen molar-refractivity contribution in [2.45, 2.75) is 32.1 Å². The average Bonchev–Trinajstić information content (AvgIpc) is 2.95. The fourth-order valence-electron chi connectivity index (χ4n) is 3.86. The summed E-state index contributed by atoms with van der Waals surface area (Å²) in [4.78, 5) is 29.9. The van der Waals surface area contributed by atoms with Gasteiger partial charge >= 0.3 is 0 Å². The molecule has 0 saturated carbocycles. The Kier molecular flexibility index (Phi) is 5.10. The molecule has 0 atom stereocenters. The maximum absolute atomic E-state index is 12.5. The summed E-state index contributed by atoms with van der Waals surface area (Å²) in [6.07, 6.45) is 4.93. The largest absolute Gasteiger partial charge is 0.351 e. The number of nitrogens with zero attached hydrogens (tertiary/aromatic N) is 1. The molecule has 1 aliphatic rings. The Hall–Kier alpha value is -2.82. The van der Waals surface area contributed by atoms with E-state index in [1.54, 1.807) is 0 Å². The topological polar surface area (TPSA) is 65.2 Å². The van der Waals surface area contributed by atoms with Gasteiger partial charge in [0.05, 0.1) is 0 Å². The van der Waals surface area contributed by atoms with Gasteiger partial charge in [-0.15, -0.1) is 0 Å². The van der Waals surface area contributed by atoms with Crippen molar-refractivity contribution in [3.63, 3.8) is 0 Å². The van der Waals surface area contributed by atoms with Gasteiger partial charge in [0.15, 0.2) is 0 Å². The number of aromatic nitrogens is 1. The maximum atomic E-state index is 12.5. The van der Waals surface area contributed by atoms with Gasteiger partial charge < -0.3 is 15.2 Å². The molecule has 1 saturated heterocycles. The summed E-state index contributed by atoms with van der Waals surface area (Å²) in [6, 6.07) is 14.1. The van der Waals surface area contributed by atoms with Crippen molar-refractivity contribution < 1.29 is 9.59 Å². The summed E-state index contributed by atoms with van der Waals surface area (Å²) in [5, 5.41) is 6.19. The van der Waals surface area contributed by atoms with Crippen molar-refractivity contribution in [1.29, 1.82) is 0 Å².